The Kier molecular flexibility index (Phi) is 4.06. The molecule has 0 heterocycles. The van der Waals surface area contributed by atoms with Crippen LogP contribution in [-0.4, -0.2) is 16.9 Å². The van der Waals surface area contributed by atoms with Crippen LogP contribution in [0.4, 0.5) is 0 Å². The van der Waals surface area contributed by atoms with Gasteiger partial charge >= 0.3 is 5.97 Å². The Morgan fingerprint density at radius 2 is 2.27 bits per heavy atom. The first-order chi connectivity index (χ1) is 7.08. The predicted molar refractivity (Wildman–Crippen MR) is 57.6 cm³/mol. The zero-order valence-corrected chi connectivity index (χ0v) is 9.16. The zero-order valence-electron chi connectivity index (χ0n) is 9.16. The van der Waals surface area contributed by atoms with Crippen molar-refractivity contribution in [2.75, 3.05) is 0 Å². The van der Waals surface area contributed by atoms with Crippen molar-refractivity contribution in [1.29, 1.82) is 0 Å². The minimum atomic E-state index is -0.797. The second-order valence-electron chi connectivity index (χ2n) is 4.37. The molecule has 0 spiro atoms. The van der Waals surface area contributed by atoms with Crippen molar-refractivity contribution >= 4 is 11.8 Å². The molecular formula is C12H18O3. The number of hydrogen-bond acceptors (Lipinski definition) is 2. The van der Waals surface area contributed by atoms with E-state index in [1.54, 1.807) is 0 Å². The molecule has 0 aromatic heterocycles. The smallest absolute Gasteiger partial charge is 0.303 e. The van der Waals surface area contributed by atoms with Gasteiger partial charge in [0.2, 0.25) is 0 Å². The van der Waals surface area contributed by atoms with Crippen molar-refractivity contribution < 1.29 is 14.7 Å². The summed E-state index contributed by atoms with van der Waals surface area (Å²) < 4.78 is 0. The van der Waals surface area contributed by atoms with Crippen LogP contribution in [0, 0.1) is 5.41 Å². The lowest BCUT2D eigenvalue weighted by Gasteiger charge is -2.24. The molecule has 1 rings (SSSR count). The number of hydrogen-bond donors (Lipinski definition) is 1. The largest absolute Gasteiger partial charge is 0.481 e. The molecule has 0 bridgehead atoms. The summed E-state index contributed by atoms with van der Waals surface area (Å²) in [6.45, 7) is 2.04. The number of carboxylic acid groups (broad SMARTS) is 1. The van der Waals surface area contributed by atoms with E-state index in [1.165, 1.54) is 0 Å². The van der Waals surface area contributed by atoms with Crippen LogP contribution in [0.3, 0.4) is 0 Å². The van der Waals surface area contributed by atoms with Gasteiger partial charge in [0.25, 0.3) is 0 Å². The van der Waals surface area contributed by atoms with Gasteiger partial charge in [-0.1, -0.05) is 19.1 Å². The highest BCUT2D eigenvalue weighted by Crippen LogP contribution is 2.42. The van der Waals surface area contributed by atoms with Gasteiger partial charge in [0.15, 0.2) is 0 Å². The number of Topliss-reactive ketones (excluding diaryl/α,β-unsaturated/α-hetero) is 1. The van der Waals surface area contributed by atoms with Crippen molar-refractivity contribution in [3.8, 4) is 0 Å². The SMILES string of the molecule is CCC=CCC1(CC(=O)O)CCC(=O)C1. The summed E-state index contributed by atoms with van der Waals surface area (Å²) in [6.07, 6.45) is 7.56. The van der Waals surface area contributed by atoms with E-state index in [4.69, 9.17) is 5.11 Å². The Hall–Kier alpha value is -1.12. The van der Waals surface area contributed by atoms with Gasteiger partial charge in [-0.25, -0.2) is 0 Å². The van der Waals surface area contributed by atoms with Gasteiger partial charge in [-0.05, 0) is 24.7 Å². The number of carboxylic acids is 1. The van der Waals surface area contributed by atoms with Crippen LogP contribution in [0.5, 0.6) is 0 Å². The minimum Gasteiger partial charge on any atom is -0.481 e. The second-order valence-corrected chi connectivity index (χ2v) is 4.37. The average molecular weight is 210 g/mol. The molecule has 1 atom stereocenters. The van der Waals surface area contributed by atoms with E-state index in [-0.39, 0.29) is 17.6 Å². The van der Waals surface area contributed by atoms with Crippen LogP contribution in [0.1, 0.15) is 45.4 Å². The van der Waals surface area contributed by atoms with Crippen molar-refractivity contribution in [2.24, 2.45) is 5.41 Å². The molecule has 0 amide bonds. The fraction of sp³-hybridized carbons (Fsp3) is 0.667. The Bertz CT molecular complexity index is 281. The highest BCUT2D eigenvalue weighted by Gasteiger charge is 2.39. The number of ketones is 1. The lowest BCUT2D eigenvalue weighted by molar-refractivity contribution is -0.139. The molecule has 15 heavy (non-hydrogen) atoms. The summed E-state index contributed by atoms with van der Waals surface area (Å²) in [4.78, 5) is 22.0. The molecule has 3 nitrogen and oxygen atoms in total. The molecule has 1 N–H and O–H groups in total. The zero-order chi connectivity index (χ0) is 11.3. The van der Waals surface area contributed by atoms with Gasteiger partial charge in [0, 0.05) is 12.8 Å². The topological polar surface area (TPSA) is 54.4 Å². The van der Waals surface area contributed by atoms with E-state index >= 15 is 0 Å². The van der Waals surface area contributed by atoms with Gasteiger partial charge in [0.05, 0.1) is 6.42 Å². The molecule has 1 aliphatic carbocycles. The van der Waals surface area contributed by atoms with Crippen molar-refractivity contribution in [3.63, 3.8) is 0 Å². The predicted octanol–water partition coefficient (Wildman–Crippen LogP) is 2.56. The van der Waals surface area contributed by atoms with Gasteiger partial charge in [0.1, 0.15) is 5.78 Å². The molecular weight excluding hydrogens is 192 g/mol. The normalized spacial score (nSPS) is 26.3. The summed E-state index contributed by atoms with van der Waals surface area (Å²) in [5.41, 5.74) is -0.297. The number of aliphatic carboxylic acids is 1. The first-order valence-corrected chi connectivity index (χ1v) is 5.46. The van der Waals surface area contributed by atoms with Gasteiger partial charge in [-0.3, -0.25) is 9.59 Å². The van der Waals surface area contributed by atoms with E-state index in [0.29, 0.717) is 12.8 Å². The Labute approximate surface area is 90.2 Å². The van der Waals surface area contributed by atoms with Crippen LogP contribution in [0.15, 0.2) is 12.2 Å². The minimum absolute atomic E-state index is 0.118. The highest BCUT2D eigenvalue weighted by atomic mass is 16.4. The maximum Gasteiger partial charge on any atom is 0.303 e. The molecule has 0 saturated heterocycles. The lowest BCUT2D eigenvalue weighted by Crippen LogP contribution is -2.20. The highest BCUT2D eigenvalue weighted by molar-refractivity contribution is 5.82. The third kappa shape index (κ3) is 3.50. The summed E-state index contributed by atoms with van der Waals surface area (Å²) in [5, 5.41) is 8.85. The number of carbonyl (C=O) groups excluding carboxylic acids is 1. The van der Waals surface area contributed by atoms with Crippen LogP contribution in [0.2, 0.25) is 0 Å². The summed E-state index contributed by atoms with van der Waals surface area (Å²) in [6, 6.07) is 0. The Morgan fingerprint density at radius 1 is 1.53 bits per heavy atom. The average Bonchev–Trinajstić information content (AvgIpc) is 2.47. The molecule has 1 saturated carbocycles. The lowest BCUT2D eigenvalue weighted by atomic mass is 9.79. The van der Waals surface area contributed by atoms with Gasteiger partial charge in [-0.2, -0.15) is 0 Å². The molecule has 0 aromatic carbocycles. The molecule has 3 heteroatoms. The van der Waals surface area contributed by atoms with Crippen LogP contribution in [-0.2, 0) is 9.59 Å². The van der Waals surface area contributed by atoms with Crippen molar-refractivity contribution in [1.82, 2.24) is 0 Å². The maximum absolute atomic E-state index is 11.3. The van der Waals surface area contributed by atoms with Crippen LogP contribution >= 0.6 is 0 Å². The number of carbonyl (C=O) groups is 2. The fourth-order valence-corrected chi connectivity index (χ4v) is 2.22. The Morgan fingerprint density at radius 3 is 2.73 bits per heavy atom. The van der Waals surface area contributed by atoms with E-state index in [2.05, 4.69) is 0 Å². The van der Waals surface area contributed by atoms with Crippen molar-refractivity contribution in [2.45, 2.75) is 45.4 Å². The monoisotopic (exact) mass is 210 g/mol. The molecule has 0 aromatic rings. The van der Waals surface area contributed by atoms with E-state index < -0.39 is 5.97 Å². The van der Waals surface area contributed by atoms with Crippen molar-refractivity contribution in [3.05, 3.63) is 12.2 Å². The quantitative estimate of drug-likeness (QED) is 0.709. The van der Waals surface area contributed by atoms with Crippen LogP contribution in [0.25, 0.3) is 0 Å². The molecule has 84 valence electrons. The fourth-order valence-electron chi connectivity index (χ4n) is 2.22. The van der Waals surface area contributed by atoms with E-state index in [9.17, 15) is 9.59 Å². The summed E-state index contributed by atoms with van der Waals surface area (Å²) >= 11 is 0. The van der Waals surface area contributed by atoms with Crippen LogP contribution < -0.4 is 0 Å². The third-order valence-electron chi connectivity index (χ3n) is 2.99. The first kappa shape index (κ1) is 12.0. The number of allylic oxidation sites excluding steroid dienone is 2. The molecule has 1 fully saturated rings. The van der Waals surface area contributed by atoms with E-state index in [0.717, 1.165) is 19.3 Å². The van der Waals surface area contributed by atoms with Gasteiger partial charge < -0.3 is 5.11 Å². The first-order valence-electron chi connectivity index (χ1n) is 5.46. The molecule has 0 radical (unpaired) electrons. The molecule has 0 aliphatic heterocycles. The summed E-state index contributed by atoms with van der Waals surface area (Å²) in [5.74, 6) is -0.587. The summed E-state index contributed by atoms with van der Waals surface area (Å²) in [7, 11) is 0. The maximum atomic E-state index is 11.3. The molecule has 1 unspecified atom stereocenters. The van der Waals surface area contributed by atoms with E-state index in [1.807, 2.05) is 19.1 Å². The molecule has 1 aliphatic rings. The second kappa shape index (κ2) is 5.10. The van der Waals surface area contributed by atoms with Gasteiger partial charge in [-0.15, -0.1) is 0 Å². The standard InChI is InChI=1S/C12H18O3/c1-2-3-4-6-12(9-11(14)15)7-5-10(13)8-12/h3-4H,2,5-9H2,1H3,(H,14,15). The Balaban J connectivity index is 2.64. The third-order valence-corrected chi connectivity index (χ3v) is 2.99. The number of rotatable bonds is 5.